The summed E-state index contributed by atoms with van der Waals surface area (Å²) < 4.78 is 0. The molecule has 0 radical (unpaired) electrons. The Morgan fingerprint density at radius 1 is 1.16 bits per heavy atom. The van der Waals surface area contributed by atoms with E-state index in [2.05, 4.69) is 5.32 Å². The lowest BCUT2D eigenvalue weighted by Crippen LogP contribution is -2.24. The van der Waals surface area contributed by atoms with Crippen molar-refractivity contribution in [3.05, 3.63) is 63.2 Å². The van der Waals surface area contributed by atoms with Crippen LogP contribution in [0.4, 0.5) is 17.1 Å². The van der Waals surface area contributed by atoms with Crippen LogP contribution in [0.2, 0.25) is 0 Å². The van der Waals surface area contributed by atoms with Crippen molar-refractivity contribution in [3.8, 4) is 0 Å². The van der Waals surface area contributed by atoms with Gasteiger partial charge in [-0.15, -0.1) is 0 Å². The molecule has 0 saturated heterocycles. The lowest BCUT2D eigenvalue weighted by atomic mass is 10.1. The van der Waals surface area contributed by atoms with Gasteiger partial charge in [-0.3, -0.25) is 29.4 Å². The predicted molar refractivity (Wildman–Crippen MR) is 88.3 cm³/mol. The maximum absolute atomic E-state index is 12.2. The van der Waals surface area contributed by atoms with Crippen LogP contribution in [0.5, 0.6) is 0 Å². The van der Waals surface area contributed by atoms with Gasteiger partial charge in [0.05, 0.1) is 16.1 Å². The molecule has 0 aliphatic carbocycles. The number of imide groups is 1. The van der Waals surface area contributed by atoms with Crippen LogP contribution in [0.15, 0.2) is 36.4 Å². The highest BCUT2D eigenvalue weighted by molar-refractivity contribution is 6.24. The average molecular weight is 340 g/mol. The molecule has 0 fully saturated rings. The van der Waals surface area contributed by atoms with E-state index in [9.17, 15) is 24.5 Å². The molecule has 2 aromatic carbocycles. The Balaban J connectivity index is 1.88. The van der Waals surface area contributed by atoms with Crippen LogP contribution in [0.1, 0.15) is 31.1 Å². The minimum Gasteiger partial charge on any atom is -0.398 e. The first kappa shape index (κ1) is 16.1. The Morgan fingerprint density at radius 2 is 1.80 bits per heavy atom. The van der Waals surface area contributed by atoms with E-state index < -0.39 is 22.6 Å². The summed E-state index contributed by atoms with van der Waals surface area (Å²) in [6.45, 7) is 0. The summed E-state index contributed by atoms with van der Waals surface area (Å²) in [4.78, 5) is 47.2. The Kier molecular flexibility index (Phi) is 3.68. The molecule has 0 bridgehead atoms. The molecule has 1 heterocycles. The highest BCUT2D eigenvalue weighted by atomic mass is 16.6. The highest BCUT2D eigenvalue weighted by Crippen LogP contribution is 2.30. The van der Waals surface area contributed by atoms with E-state index in [0.717, 1.165) is 4.90 Å². The summed E-state index contributed by atoms with van der Waals surface area (Å²) in [5.74, 6) is -1.52. The number of rotatable bonds is 3. The van der Waals surface area contributed by atoms with Gasteiger partial charge in [-0.2, -0.15) is 0 Å². The van der Waals surface area contributed by atoms with Gasteiger partial charge in [0.2, 0.25) is 0 Å². The number of amides is 3. The molecule has 0 aromatic heterocycles. The molecular weight excluding hydrogens is 328 g/mol. The van der Waals surface area contributed by atoms with Gasteiger partial charge in [-0.05, 0) is 24.3 Å². The molecule has 3 rings (SSSR count). The van der Waals surface area contributed by atoms with Crippen molar-refractivity contribution in [2.45, 2.75) is 0 Å². The molecule has 9 heteroatoms. The standard InChI is InChI=1S/C16H12N4O5/c1-19-15(22)11-6-9(7-12(17)13(11)16(19)23)18-14(21)8-2-4-10(5-3-8)20(24)25/h2-7H,17H2,1H3,(H,18,21). The van der Waals surface area contributed by atoms with E-state index in [-0.39, 0.29) is 33.8 Å². The molecule has 0 unspecified atom stereocenters. The van der Waals surface area contributed by atoms with Crippen molar-refractivity contribution in [2.75, 3.05) is 18.1 Å². The Morgan fingerprint density at radius 3 is 2.40 bits per heavy atom. The summed E-state index contributed by atoms with van der Waals surface area (Å²) >= 11 is 0. The number of fused-ring (bicyclic) bond motifs is 1. The third-order valence-electron chi connectivity index (χ3n) is 3.82. The summed E-state index contributed by atoms with van der Waals surface area (Å²) in [5, 5.41) is 13.2. The number of nitrogens with zero attached hydrogens (tertiary/aromatic N) is 2. The number of hydrogen-bond donors (Lipinski definition) is 2. The minimum absolute atomic E-state index is 0.0826. The van der Waals surface area contributed by atoms with E-state index >= 15 is 0 Å². The fourth-order valence-corrected chi connectivity index (χ4v) is 2.52. The van der Waals surface area contributed by atoms with Crippen molar-refractivity contribution >= 4 is 34.8 Å². The smallest absolute Gasteiger partial charge is 0.269 e. The van der Waals surface area contributed by atoms with Gasteiger partial charge in [-0.1, -0.05) is 0 Å². The van der Waals surface area contributed by atoms with Gasteiger partial charge in [0.1, 0.15) is 0 Å². The van der Waals surface area contributed by atoms with Crippen molar-refractivity contribution < 1.29 is 19.3 Å². The van der Waals surface area contributed by atoms with Crippen molar-refractivity contribution in [2.24, 2.45) is 0 Å². The fourth-order valence-electron chi connectivity index (χ4n) is 2.52. The summed E-state index contributed by atoms with van der Waals surface area (Å²) in [7, 11) is 1.35. The number of benzene rings is 2. The molecule has 3 amide bonds. The highest BCUT2D eigenvalue weighted by Gasteiger charge is 2.35. The molecule has 2 aromatic rings. The van der Waals surface area contributed by atoms with Gasteiger partial charge < -0.3 is 11.1 Å². The Hall–Kier alpha value is -3.75. The zero-order chi connectivity index (χ0) is 18.3. The lowest BCUT2D eigenvalue weighted by Gasteiger charge is -2.08. The SMILES string of the molecule is CN1C(=O)c2cc(NC(=O)c3ccc([N+](=O)[O-])cc3)cc(N)c2C1=O. The van der Waals surface area contributed by atoms with E-state index in [1.807, 2.05) is 0 Å². The van der Waals surface area contributed by atoms with Crippen molar-refractivity contribution in [1.29, 1.82) is 0 Å². The second-order valence-corrected chi connectivity index (χ2v) is 5.42. The molecule has 0 atom stereocenters. The number of nitro benzene ring substituents is 1. The Labute approximate surface area is 141 Å². The number of non-ortho nitro benzene ring substituents is 1. The number of nitrogens with one attached hydrogen (secondary N) is 1. The van der Waals surface area contributed by atoms with Gasteiger partial charge in [-0.25, -0.2) is 0 Å². The first-order chi connectivity index (χ1) is 11.8. The van der Waals surface area contributed by atoms with E-state index in [1.165, 1.54) is 43.4 Å². The van der Waals surface area contributed by atoms with Crippen molar-refractivity contribution in [3.63, 3.8) is 0 Å². The average Bonchev–Trinajstić information content (AvgIpc) is 2.79. The van der Waals surface area contributed by atoms with Gasteiger partial charge in [0.25, 0.3) is 23.4 Å². The van der Waals surface area contributed by atoms with E-state index in [0.29, 0.717) is 0 Å². The van der Waals surface area contributed by atoms with E-state index in [4.69, 9.17) is 5.73 Å². The van der Waals surface area contributed by atoms with Crippen LogP contribution in [0.25, 0.3) is 0 Å². The quantitative estimate of drug-likeness (QED) is 0.377. The first-order valence-electron chi connectivity index (χ1n) is 7.11. The maximum atomic E-state index is 12.2. The number of carbonyl (C=O) groups is 3. The second-order valence-electron chi connectivity index (χ2n) is 5.42. The van der Waals surface area contributed by atoms with Crippen molar-refractivity contribution in [1.82, 2.24) is 4.90 Å². The third kappa shape index (κ3) is 2.67. The van der Waals surface area contributed by atoms with Crippen LogP contribution < -0.4 is 11.1 Å². The van der Waals surface area contributed by atoms with Crippen LogP contribution in [-0.4, -0.2) is 34.6 Å². The number of nitro groups is 1. The molecular formula is C16H12N4O5. The molecule has 1 aliphatic rings. The van der Waals surface area contributed by atoms with Gasteiger partial charge in [0, 0.05) is 36.1 Å². The zero-order valence-electron chi connectivity index (χ0n) is 13.0. The van der Waals surface area contributed by atoms with Gasteiger partial charge >= 0.3 is 0 Å². The largest absolute Gasteiger partial charge is 0.398 e. The first-order valence-corrected chi connectivity index (χ1v) is 7.11. The van der Waals surface area contributed by atoms with Crippen LogP contribution in [0, 0.1) is 10.1 Å². The van der Waals surface area contributed by atoms with Crippen LogP contribution in [0.3, 0.4) is 0 Å². The van der Waals surface area contributed by atoms with Crippen LogP contribution >= 0.6 is 0 Å². The summed E-state index contributed by atoms with van der Waals surface area (Å²) in [6, 6.07) is 7.80. The normalized spacial score (nSPS) is 12.9. The number of carbonyl (C=O) groups excluding carboxylic acids is 3. The number of nitrogen functional groups attached to an aromatic ring is 1. The van der Waals surface area contributed by atoms with E-state index in [1.54, 1.807) is 0 Å². The predicted octanol–water partition coefficient (Wildman–Crippen LogP) is 1.66. The molecule has 1 aliphatic heterocycles. The third-order valence-corrected chi connectivity index (χ3v) is 3.82. The molecule has 9 nitrogen and oxygen atoms in total. The topological polar surface area (TPSA) is 136 Å². The zero-order valence-corrected chi connectivity index (χ0v) is 13.0. The number of anilines is 2. The maximum Gasteiger partial charge on any atom is 0.269 e. The molecule has 25 heavy (non-hydrogen) atoms. The molecule has 0 spiro atoms. The fraction of sp³-hybridized carbons (Fsp3) is 0.0625. The number of nitrogens with two attached hydrogens (primary N) is 1. The minimum atomic E-state index is -0.567. The molecule has 0 saturated carbocycles. The summed E-state index contributed by atoms with van der Waals surface area (Å²) in [6.07, 6.45) is 0. The molecule has 3 N–H and O–H groups in total. The second kappa shape index (κ2) is 5.71. The summed E-state index contributed by atoms with van der Waals surface area (Å²) in [5.41, 5.74) is 6.45. The van der Waals surface area contributed by atoms with Gasteiger partial charge in [0.15, 0.2) is 0 Å². The lowest BCUT2D eigenvalue weighted by molar-refractivity contribution is -0.384. The Bertz CT molecular complexity index is 936. The number of hydrogen-bond acceptors (Lipinski definition) is 6. The molecule has 126 valence electrons. The van der Waals surface area contributed by atoms with Crippen LogP contribution in [-0.2, 0) is 0 Å². The monoisotopic (exact) mass is 340 g/mol.